The highest BCUT2D eigenvalue weighted by Crippen LogP contribution is 2.25. The van der Waals surface area contributed by atoms with Crippen molar-refractivity contribution in [3.63, 3.8) is 0 Å². The van der Waals surface area contributed by atoms with Gasteiger partial charge in [-0.3, -0.25) is 4.90 Å². The Balaban J connectivity index is 1.43. The van der Waals surface area contributed by atoms with Crippen LogP contribution in [0.15, 0.2) is 59.0 Å². The second-order valence-electron chi connectivity index (χ2n) is 7.22. The van der Waals surface area contributed by atoms with E-state index in [9.17, 15) is 0 Å². The molecule has 5 heteroatoms. The van der Waals surface area contributed by atoms with E-state index in [0.29, 0.717) is 18.3 Å². The summed E-state index contributed by atoms with van der Waals surface area (Å²) in [6.45, 7) is 3.81. The topological polar surface area (TPSA) is 45.4 Å². The first-order chi connectivity index (χ1) is 13.3. The zero-order valence-electron chi connectivity index (χ0n) is 15.8. The molecule has 1 aliphatic rings. The van der Waals surface area contributed by atoms with Crippen LogP contribution < -0.4 is 4.90 Å². The van der Waals surface area contributed by atoms with E-state index in [1.807, 2.05) is 30.3 Å². The Morgan fingerprint density at radius 2 is 1.63 bits per heavy atom. The summed E-state index contributed by atoms with van der Waals surface area (Å²) in [7, 11) is 2.10. The molecule has 0 bridgehead atoms. The van der Waals surface area contributed by atoms with Crippen LogP contribution in [0.5, 0.6) is 0 Å². The summed E-state index contributed by atoms with van der Waals surface area (Å²) >= 11 is 0. The Bertz CT molecular complexity index is 856. The lowest BCUT2D eigenvalue weighted by molar-refractivity contribution is 0.283. The van der Waals surface area contributed by atoms with Gasteiger partial charge in [-0.15, -0.1) is 10.2 Å². The van der Waals surface area contributed by atoms with Crippen LogP contribution in [0.2, 0.25) is 0 Å². The maximum absolute atomic E-state index is 5.85. The van der Waals surface area contributed by atoms with Gasteiger partial charge < -0.3 is 9.32 Å². The lowest BCUT2D eigenvalue weighted by atomic mass is 10.1. The number of benzene rings is 2. The summed E-state index contributed by atoms with van der Waals surface area (Å²) in [5.41, 5.74) is 3.67. The predicted molar refractivity (Wildman–Crippen MR) is 107 cm³/mol. The predicted octanol–water partition coefficient (Wildman–Crippen LogP) is 4.36. The quantitative estimate of drug-likeness (QED) is 0.652. The van der Waals surface area contributed by atoms with Crippen molar-refractivity contribution in [2.75, 3.05) is 25.0 Å². The molecule has 1 aliphatic heterocycles. The summed E-state index contributed by atoms with van der Waals surface area (Å²) in [5, 5.41) is 8.40. The molecule has 140 valence electrons. The minimum absolute atomic E-state index is 0.577. The van der Waals surface area contributed by atoms with Gasteiger partial charge in [0.1, 0.15) is 0 Å². The Morgan fingerprint density at radius 1 is 0.889 bits per heavy atom. The number of para-hydroxylation sites is 1. The first kappa shape index (κ1) is 17.7. The standard InChI is InChI=1S/C22H26N4O/c1-25(17-21-23-24-22(27-21)18-10-4-2-5-11-18)16-19-12-6-7-13-20(19)26-14-8-3-9-15-26/h2,4-7,10-13H,3,8-9,14-17H2,1H3. The smallest absolute Gasteiger partial charge is 0.247 e. The molecule has 1 saturated heterocycles. The van der Waals surface area contributed by atoms with Crippen molar-refractivity contribution < 1.29 is 4.42 Å². The van der Waals surface area contributed by atoms with E-state index >= 15 is 0 Å². The molecule has 4 rings (SSSR count). The molecule has 2 aromatic carbocycles. The van der Waals surface area contributed by atoms with Gasteiger partial charge in [0.05, 0.1) is 6.54 Å². The van der Waals surface area contributed by atoms with Crippen molar-refractivity contribution in [2.24, 2.45) is 0 Å². The van der Waals surface area contributed by atoms with Gasteiger partial charge in [-0.1, -0.05) is 36.4 Å². The van der Waals surface area contributed by atoms with Gasteiger partial charge in [0, 0.05) is 30.9 Å². The van der Waals surface area contributed by atoms with Crippen LogP contribution in [0.1, 0.15) is 30.7 Å². The van der Waals surface area contributed by atoms with E-state index in [-0.39, 0.29) is 0 Å². The molecule has 0 aliphatic carbocycles. The molecule has 0 amide bonds. The third-order valence-electron chi connectivity index (χ3n) is 5.02. The largest absolute Gasteiger partial charge is 0.419 e. The molecular weight excluding hydrogens is 336 g/mol. The SMILES string of the molecule is CN(Cc1nnc(-c2ccccc2)o1)Cc1ccccc1N1CCCCC1. The van der Waals surface area contributed by atoms with E-state index in [2.05, 4.69) is 51.3 Å². The molecule has 0 radical (unpaired) electrons. The number of rotatable bonds is 6. The summed E-state index contributed by atoms with van der Waals surface area (Å²) in [5.74, 6) is 1.22. The van der Waals surface area contributed by atoms with Crippen molar-refractivity contribution in [2.45, 2.75) is 32.4 Å². The fourth-order valence-corrected chi connectivity index (χ4v) is 3.68. The van der Waals surface area contributed by atoms with E-state index in [0.717, 1.165) is 25.2 Å². The molecule has 0 unspecified atom stereocenters. The summed E-state index contributed by atoms with van der Waals surface area (Å²) < 4.78 is 5.85. The molecule has 27 heavy (non-hydrogen) atoms. The lowest BCUT2D eigenvalue weighted by Gasteiger charge is -2.31. The van der Waals surface area contributed by atoms with Gasteiger partial charge in [-0.2, -0.15) is 0 Å². The van der Waals surface area contributed by atoms with E-state index < -0.39 is 0 Å². The monoisotopic (exact) mass is 362 g/mol. The molecule has 3 aromatic rings. The Labute approximate surface area is 160 Å². The van der Waals surface area contributed by atoms with Crippen molar-refractivity contribution in [1.82, 2.24) is 15.1 Å². The number of hydrogen-bond donors (Lipinski definition) is 0. The summed E-state index contributed by atoms with van der Waals surface area (Å²) in [6, 6.07) is 18.6. The van der Waals surface area contributed by atoms with Crippen LogP contribution in [0.25, 0.3) is 11.5 Å². The first-order valence-corrected chi connectivity index (χ1v) is 9.69. The molecule has 2 heterocycles. The molecule has 5 nitrogen and oxygen atoms in total. The minimum atomic E-state index is 0.577. The van der Waals surface area contributed by atoms with Gasteiger partial charge in [0.25, 0.3) is 0 Å². The number of aromatic nitrogens is 2. The molecule has 0 atom stereocenters. The highest BCUT2D eigenvalue weighted by molar-refractivity contribution is 5.54. The first-order valence-electron chi connectivity index (χ1n) is 9.69. The van der Waals surface area contributed by atoms with Gasteiger partial charge >= 0.3 is 0 Å². The normalized spacial score (nSPS) is 14.7. The average Bonchev–Trinajstić information content (AvgIpc) is 3.18. The van der Waals surface area contributed by atoms with Crippen LogP contribution in [-0.4, -0.2) is 35.2 Å². The van der Waals surface area contributed by atoms with Gasteiger partial charge in [0.2, 0.25) is 11.8 Å². The third kappa shape index (κ3) is 4.37. The number of piperidine rings is 1. The van der Waals surface area contributed by atoms with Crippen LogP contribution in [0.3, 0.4) is 0 Å². The summed E-state index contributed by atoms with van der Waals surface area (Å²) in [4.78, 5) is 4.75. The van der Waals surface area contributed by atoms with Crippen molar-refractivity contribution in [1.29, 1.82) is 0 Å². The number of anilines is 1. The molecular formula is C22H26N4O. The lowest BCUT2D eigenvalue weighted by Crippen LogP contribution is -2.31. The zero-order chi connectivity index (χ0) is 18.5. The Morgan fingerprint density at radius 3 is 2.44 bits per heavy atom. The zero-order valence-corrected chi connectivity index (χ0v) is 15.8. The molecule has 0 N–H and O–H groups in total. The van der Waals surface area contributed by atoms with E-state index in [1.165, 1.54) is 30.5 Å². The highest BCUT2D eigenvalue weighted by atomic mass is 16.4. The Kier molecular flexibility index (Phi) is 5.49. The Hall–Kier alpha value is -2.66. The second-order valence-corrected chi connectivity index (χ2v) is 7.22. The summed E-state index contributed by atoms with van der Waals surface area (Å²) in [6.07, 6.45) is 3.92. The molecule has 0 saturated carbocycles. The maximum atomic E-state index is 5.85. The third-order valence-corrected chi connectivity index (χ3v) is 5.02. The molecule has 1 fully saturated rings. The minimum Gasteiger partial charge on any atom is -0.419 e. The van der Waals surface area contributed by atoms with Crippen molar-refractivity contribution in [3.05, 3.63) is 66.1 Å². The van der Waals surface area contributed by atoms with Gasteiger partial charge in [-0.25, -0.2) is 0 Å². The molecule has 0 spiro atoms. The van der Waals surface area contributed by atoms with Crippen molar-refractivity contribution in [3.8, 4) is 11.5 Å². The van der Waals surface area contributed by atoms with Crippen LogP contribution in [-0.2, 0) is 13.1 Å². The fourth-order valence-electron chi connectivity index (χ4n) is 3.68. The van der Waals surface area contributed by atoms with E-state index in [1.54, 1.807) is 0 Å². The van der Waals surface area contributed by atoms with Crippen LogP contribution in [0, 0.1) is 0 Å². The van der Waals surface area contributed by atoms with E-state index in [4.69, 9.17) is 4.42 Å². The maximum Gasteiger partial charge on any atom is 0.247 e. The van der Waals surface area contributed by atoms with Gasteiger partial charge in [-0.05, 0) is 50.1 Å². The second kappa shape index (κ2) is 8.35. The van der Waals surface area contributed by atoms with Gasteiger partial charge in [0.15, 0.2) is 0 Å². The highest BCUT2D eigenvalue weighted by Gasteiger charge is 2.16. The van der Waals surface area contributed by atoms with Crippen molar-refractivity contribution >= 4 is 5.69 Å². The van der Waals surface area contributed by atoms with Crippen LogP contribution in [0.4, 0.5) is 5.69 Å². The average molecular weight is 362 g/mol. The van der Waals surface area contributed by atoms with Crippen LogP contribution >= 0.6 is 0 Å². The number of hydrogen-bond acceptors (Lipinski definition) is 5. The number of nitrogens with zero attached hydrogens (tertiary/aromatic N) is 4. The molecule has 1 aromatic heterocycles. The fraction of sp³-hybridized carbons (Fsp3) is 0.364.